The molecule has 0 aliphatic heterocycles. The Labute approximate surface area is 70.5 Å². The van der Waals surface area contributed by atoms with Crippen molar-refractivity contribution in [3.8, 4) is 0 Å². The third-order valence-electron chi connectivity index (χ3n) is 1.24. The SMILES string of the molecule is C=CC(=O)C(O)C[CH]CC(=O)O. The van der Waals surface area contributed by atoms with E-state index in [2.05, 4.69) is 6.58 Å². The van der Waals surface area contributed by atoms with Crippen LogP contribution >= 0.6 is 0 Å². The standard InChI is InChI=1S/C8H11O4/c1-2-6(9)7(10)4-3-5-8(11)12/h2-3,7,10H,1,4-5H2,(H,11,12). The number of rotatable bonds is 6. The average Bonchev–Trinajstić information content (AvgIpc) is 2.02. The zero-order valence-electron chi connectivity index (χ0n) is 6.56. The zero-order chi connectivity index (χ0) is 9.56. The average molecular weight is 171 g/mol. The number of carboxylic acid groups (broad SMARTS) is 1. The third kappa shape index (κ3) is 4.62. The van der Waals surface area contributed by atoms with Crippen LogP contribution < -0.4 is 0 Å². The Morgan fingerprint density at radius 2 is 2.08 bits per heavy atom. The number of ketones is 1. The van der Waals surface area contributed by atoms with Gasteiger partial charge in [0.05, 0.1) is 0 Å². The molecule has 67 valence electrons. The Morgan fingerprint density at radius 3 is 2.50 bits per heavy atom. The molecular formula is C8H11O4. The topological polar surface area (TPSA) is 74.6 Å². The summed E-state index contributed by atoms with van der Waals surface area (Å²) in [7, 11) is 0. The van der Waals surface area contributed by atoms with E-state index < -0.39 is 17.9 Å². The van der Waals surface area contributed by atoms with Crippen molar-refractivity contribution in [2.75, 3.05) is 0 Å². The van der Waals surface area contributed by atoms with Crippen molar-refractivity contribution in [1.82, 2.24) is 0 Å². The summed E-state index contributed by atoms with van der Waals surface area (Å²) in [5, 5.41) is 17.2. The van der Waals surface area contributed by atoms with Gasteiger partial charge in [0.25, 0.3) is 0 Å². The first-order valence-corrected chi connectivity index (χ1v) is 3.45. The Bertz CT molecular complexity index is 185. The largest absolute Gasteiger partial charge is 0.481 e. The molecule has 0 aliphatic carbocycles. The minimum absolute atomic E-state index is 0.0527. The summed E-state index contributed by atoms with van der Waals surface area (Å²) in [6.45, 7) is 3.19. The fourth-order valence-electron chi connectivity index (χ4n) is 0.617. The predicted octanol–water partition coefficient (Wildman–Crippen LogP) is 0.171. The van der Waals surface area contributed by atoms with Gasteiger partial charge in [0.15, 0.2) is 5.78 Å². The van der Waals surface area contributed by atoms with E-state index in [9.17, 15) is 9.59 Å². The molecule has 0 rings (SSSR count). The first-order valence-electron chi connectivity index (χ1n) is 3.45. The van der Waals surface area contributed by atoms with Crippen LogP contribution in [0.2, 0.25) is 0 Å². The Balaban J connectivity index is 3.56. The molecule has 1 radical (unpaired) electrons. The van der Waals surface area contributed by atoms with E-state index in [0.29, 0.717) is 0 Å². The van der Waals surface area contributed by atoms with Gasteiger partial charge in [-0.05, 0) is 18.9 Å². The summed E-state index contributed by atoms with van der Waals surface area (Å²) in [5.41, 5.74) is 0. The van der Waals surface area contributed by atoms with Crippen molar-refractivity contribution in [2.45, 2.75) is 18.9 Å². The van der Waals surface area contributed by atoms with Crippen molar-refractivity contribution in [3.63, 3.8) is 0 Å². The lowest BCUT2D eigenvalue weighted by Gasteiger charge is -2.03. The summed E-state index contributed by atoms with van der Waals surface area (Å²) in [4.78, 5) is 20.7. The second kappa shape index (κ2) is 5.49. The Kier molecular flexibility index (Phi) is 4.96. The van der Waals surface area contributed by atoms with E-state index in [0.717, 1.165) is 6.08 Å². The lowest BCUT2D eigenvalue weighted by Crippen LogP contribution is -2.18. The molecule has 0 heterocycles. The molecule has 0 aromatic carbocycles. The minimum atomic E-state index is -1.15. The molecule has 1 unspecified atom stereocenters. The van der Waals surface area contributed by atoms with Crippen LogP contribution in [0.25, 0.3) is 0 Å². The predicted molar refractivity (Wildman–Crippen MR) is 42.4 cm³/mol. The Morgan fingerprint density at radius 1 is 1.50 bits per heavy atom. The second-order valence-corrected chi connectivity index (χ2v) is 2.24. The first kappa shape index (κ1) is 10.8. The number of hydrogen-bond donors (Lipinski definition) is 2. The normalized spacial score (nSPS) is 12.1. The molecule has 0 aliphatic rings. The lowest BCUT2D eigenvalue weighted by atomic mass is 10.1. The van der Waals surface area contributed by atoms with Crippen LogP contribution in [0.4, 0.5) is 0 Å². The number of hydrogen-bond acceptors (Lipinski definition) is 3. The number of aliphatic hydroxyl groups excluding tert-OH is 1. The van der Waals surface area contributed by atoms with Gasteiger partial charge in [0, 0.05) is 6.42 Å². The number of aliphatic carboxylic acids is 1. The zero-order valence-corrected chi connectivity index (χ0v) is 6.56. The summed E-state index contributed by atoms with van der Waals surface area (Å²) >= 11 is 0. The van der Waals surface area contributed by atoms with Gasteiger partial charge in [-0.3, -0.25) is 9.59 Å². The molecule has 4 heteroatoms. The van der Waals surface area contributed by atoms with Gasteiger partial charge in [-0.1, -0.05) is 6.58 Å². The number of carbonyl (C=O) groups is 2. The molecule has 4 nitrogen and oxygen atoms in total. The fraction of sp³-hybridized carbons (Fsp3) is 0.375. The molecule has 0 saturated carbocycles. The van der Waals surface area contributed by atoms with Crippen molar-refractivity contribution in [1.29, 1.82) is 0 Å². The highest BCUT2D eigenvalue weighted by Gasteiger charge is 2.11. The van der Waals surface area contributed by atoms with Crippen LogP contribution in [0.15, 0.2) is 12.7 Å². The van der Waals surface area contributed by atoms with Crippen molar-refractivity contribution in [2.24, 2.45) is 0 Å². The quantitative estimate of drug-likeness (QED) is 0.559. The van der Waals surface area contributed by atoms with E-state index in [-0.39, 0.29) is 12.8 Å². The summed E-state index contributed by atoms with van der Waals surface area (Å²) in [6.07, 6.45) is 1.11. The van der Waals surface area contributed by atoms with Gasteiger partial charge >= 0.3 is 5.97 Å². The van der Waals surface area contributed by atoms with E-state index in [1.165, 1.54) is 6.42 Å². The summed E-state index contributed by atoms with van der Waals surface area (Å²) in [6, 6.07) is 0. The highest BCUT2D eigenvalue weighted by molar-refractivity contribution is 5.92. The summed E-state index contributed by atoms with van der Waals surface area (Å²) < 4.78 is 0. The molecule has 0 saturated heterocycles. The van der Waals surface area contributed by atoms with Crippen LogP contribution in [-0.2, 0) is 9.59 Å². The van der Waals surface area contributed by atoms with Crippen molar-refractivity contribution in [3.05, 3.63) is 19.1 Å². The van der Waals surface area contributed by atoms with Crippen LogP contribution in [0.1, 0.15) is 12.8 Å². The van der Waals surface area contributed by atoms with Crippen molar-refractivity contribution < 1.29 is 19.8 Å². The monoisotopic (exact) mass is 171 g/mol. The van der Waals surface area contributed by atoms with Crippen molar-refractivity contribution >= 4 is 11.8 Å². The molecule has 1 atom stereocenters. The van der Waals surface area contributed by atoms with Crippen LogP contribution in [0, 0.1) is 6.42 Å². The molecule has 0 spiro atoms. The Hall–Kier alpha value is -1.16. The minimum Gasteiger partial charge on any atom is -0.481 e. The first-order chi connectivity index (χ1) is 5.57. The number of carboxylic acids is 1. The number of aliphatic hydroxyl groups is 1. The highest BCUT2D eigenvalue weighted by atomic mass is 16.4. The van der Waals surface area contributed by atoms with Gasteiger partial charge < -0.3 is 10.2 Å². The summed E-state index contributed by atoms with van der Waals surface area (Å²) in [5.74, 6) is -1.47. The smallest absolute Gasteiger partial charge is 0.303 e. The van der Waals surface area contributed by atoms with Gasteiger partial charge in [-0.15, -0.1) is 0 Å². The maximum atomic E-state index is 10.7. The van der Waals surface area contributed by atoms with Crippen LogP contribution in [-0.4, -0.2) is 28.1 Å². The molecular weight excluding hydrogens is 160 g/mol. The maximum absolute atomic E-state index is 10.7. The molecule has 12 heavy (non-hydrogen) atoms. The highest BCUT2D eigenvalue weighted by Crippen LogP contribution is 2.00. The second-order valence-electron chi connectivity index (χ2n) is 2.24. The van der Waals surface area contributed by atoms with E-state index in [4.69, 9.17) is 10.2 Å². The van der Waals surface area contributed by atoms with Gasteiger partial charge in [0.2, 0.25) is 0 Å². The van der Waals surface area contributed by atoms with Crippen LogP contribution in [0.5, 0.6) is 0 Å². The molecule has 0 bridgehead atoms. The molecule has 2 N–H and O–H groups in total. The third-order valence-corrected chi connectivity index (χ3v) is 1.24. The number of carbonyl (C=O) groups excluding carboxylic acids is 1. The molecule has 0 amide bonds. The van der Waals surface area contributed by atoms with Gasteiger partial charge in [-0.2, -0.15) is 0 Å². The van der Waals surface area contributed by atoms with Crippen LogP contribution in [0.3, 0.4) is 0 Å². The van der Waals surface area contributed by atoms with E-state index in [1.54, 1.807) is 0 Å². The maximum Gasteiger partial charge on any atom is 0.303 e. The molecule has 0 aromatic rings. The van der Waals surface area contributed by atoms with Gasteiger partial charge in [0.1, 0.15) is 6.10 Å². The van der Waals surface area contributed by atoms with Gasteiger partial charge in [-0.25, -0.2) is 0 Å². The lowest BCUT2D eigenvalue weighted by molar-refractivity contribution is -0.136. The molecule has 0 aromatic heterocycles. The fourth-order valence-corrected chi connectivity index (χ4v) is 0.617. The van der Waals surface area contributed by atoms with E-state index >= 15 is 0 Å². The van der Waals surface area contributed by atoms with E-state index in [1.807, 2.05) is 0 Å². The molecule has 0 fully saturated rings.